The van der Waals surface area contributed by atoms with Crippen LogP contribution in [0, 0.1) is 0 Å². The molecule has 1 rings (SSSR count). The van der Waals surface area contributed by atoms with Gasteiger partial charge >= 0.3 is 110 Å². The van der Waals surface area contributed by atoms with Crippen LogP contribution in [-0.4, -0.2) is 28.7 Å². The molecule has 0 aliphatic rings. The average Bonchev–Trinajstić information content (AvgIpc) is 2.08. The monoisotopic (exact) mass is 398 g/mol. The summed E-state index contributed by atoms with van der Waals surface area (Å²) < 4.78 is 4.24. The van der Waals surface area contributed by atoms with Gasteiger partial charge in [-0.3, -0.25) is 0 Å². The summed E-state index contributed by atoms with van der Waals surface area (Å²) in [5.74, 6) is 9.63. The van der Waals surface area contributed by atoms with Crippen molar-refractivity contribution in [2.45, 2.75) is 23.0 Å². The van der Waals surface area contributed by atoms with E-state index in [1.54, 1.807) is 8.79 Å². The fourth-order valence-electron chi connectivity index (χ4n) is 1.67. The van der Waals surface area contributed by atoms with Crippen molar-refractivity contribution in [1.29, 1.82) is 0 Å². The van der Waals surface area contributed by atoms with Gasteiger partial charge in [-0.25, -0.2) is 0 Å². The number of hydrogen-bond donors (Lipinski definition) is 0. The van der Waals surface area contributed by atoms with Crippen LogP contribution < -0.4 is 8.79 Å². The van der Waals surface area contributed by atoms with Crippen molar-refractivity contribution in [3.63, 3.8) is 0 Å². The van der Waals surface area contributed by atoms with Crippen LogP contribution in [0.3, 0.4) is 0 Å². The molecule has 1 aromatic carbocycles. The van der Waals surface area contributed by atoms with Crippen molar-refractivity contribution in [2.75, 3.05) is 0 Å². The van der Waals surface area contributed by atoms with Crippen LogP contribution in [0.15, 0.2) is 16.6 Å². The van der Waals surface area contributed by atoms with Gasteiger partial charge in [0.2, 0.25) is 0 Å². The Kier molecular flexibility index (Phi) is 5.09. The minimum atomic E-state index is -1.27. The van der Waals surface area contributed by atoms with Crippen molar-refractivity contribution in [2.24, 2.45) is 0 Å². The molecule has 0 bridgehead atoms. The van der Waals surface area contributed by atoms with E-state index in [0.717, 1.165) is 9.50 Å². The third-order valence-corrected chi connectivity index (χ3v) is 12.9. The third kappa shape index (κ3) is 2.80. The quantitative estimate of drug-likeness (QED) is 0.674. The third-order valence-electron chi connectivity index (χ3n) is 2.37. The summed E-state index contributed by atoms with van der Waals surface area (Å²) in [7, 11) is 0. The molecule has 0 aliphatic carbocycles. The Labute approximate surface area is 109 Å². The molecular weight excluding hydrogens is 381 g/mol. The molecule has 0 aromatic heterocycles. The van der Waals surface area contributed by atoms with E-state index in [4.69, 9.17) is 11.6 Å². The Bertz CT molecular complexity index is 337. The molecule has 0 aliphatic heterocycles. The van der Waals surface area contributed by atoms with E-state index in [1.807, 2.05) is 0 Å². The Morgan fingerprint density at radius 3 is 2.07 bits per heavy atom. The summed E-state index contributed by atoms with van der Waals surface area (Å²) >= 11 is 7.43. The zero-order valence-electron chi connectivity index (χ0n) is 9.07. The van der Waals surface area contributed by atoms with Gasteiger partial charge in [0.05, 0.1) is 0 Å². The summed E-state index contributed by atoms with van der Waals surface area (Å²) in [5.41, 5.74) is 0. The summed E-state index contributed by atoms with van der Waals surface area (Å²) in [6, 6.07) is 4.40. The van der Waals surface area contributed by atoms with Gasteiger partial charge in [0, 0.05) is 0 Å². The maximum absolute atomic E-state index is 6.37. The summed E-state index contributed by atoms with van der Waals surface area (Å²) in [4.78, 5) is 0. The van der Waals surface area contributed by atoms with Gasteiger partial charge in [0.25, 0.3) is 0 Å². The molecular formula is C10H16BrClGe2. The SMILES string of the molecule is [CH3][GeH]([CH3])[c]1ccc(Br)c(Cl)[c]1[GeH]([CH3])[CH3]. The van der Waals surface area contributed by atoms with E-state index in [-0.39, 0.29) is 0 Å². The Morgan fingerprint density at radius 1 is 1.07 bits per heavy atom. The summed E-state index contributed by atoms with van der Waals surface area (Å²) in [6.07, 6.45) is 0. The van der Waals surface area contributed by atoms with Crippen LogP contribution in [0.2, 0.25) is 28.0 Å². The fourth-order valence-corrected chi connectivity index (χ4v) is 16.8. The van der Waals surface area contributed by atoms with Crippen LogP contribution in [0.4, 0.5) is 0 Å². The maximum atomic E-state index is 6.37. The molecule has 0 saturated heterocycles. The van der Waals surface area contributed by atoms with Gasteiger partial charge in [-0.15, -0.1) is 0 Å². The van der Waals surface area contributed by atoms with Gasteiger partial charge < -0.3 is 0 Å². The zero-order chi connectivity index (χ0) is 10.9. The van der Waals surface area contributed by atoms with Crippen molar-refractivity contribution < 1.29 is 0 Å². The normalized spacial score (nSPS) is 11.4. The van der Waals surface area contributed by atoms with Crippen LogP contribution in [0.25, 0.3) is 0 Å². The van der Waals surface area contributed by atoms with Crippen molar-refractivity contribution in [3.05, 3.63) is 21.6 Å². The molecule has 78 valence electrons. The summed E-state index contributed by atoms with van der Waals surface area (Å²) in [6.45, 7) is 0. The molecule has 0 unspecified atom stereocenters. The standard InChI is InChI=1S/C10H16BrClGe2/c1-13(2)8-6-5-7(11)9(12)10(8)14(3)4/h5-6,13-14H,1-4H3. The second-order valence-corrected chi connectivity index (χ2v) is 17.6. The first-order valence-corrected chi connectivity index (χ1v) is 18.2. The van der Waals surface area contributed by atoms with Gasteiger partial charge in [0.1, 0.15) is 0 Å². The van der Waals surface area contributed by atoms with Crippen LogP contribution in [0.5, 0.6) is 0 Å². The Hall–Kier alpha value is 1.08. The van der Waals surface area contributed by atoms with E-state index in [9.17, 15) is 0 Å². The number of hydrogen-bond acceptors (Lipinski definition) is 0. The molecule has 0 heterocycles. The van der Waals surface area contributed by atoms with Gasteiger partial charge in [0.15, 0.2) is 0 Å². The van der Waals surface area contributed by atoms with E-state index >= 15 is 0 Å². The molecule has 0 amide bonds. The Balaban J connectivity index is 3.38. The van der Waals surface area contributed by atoms with E-state index in [2.05, 4.69) is 51.1 Å². The molecule has 0 spiro atoms. The first kappa shape index (κ1) is 13.1. The molecule has 4 heteroatoms. The van der Waals surface area contributed by atoms with E-state index in [0.29, 0.717) is 0 Å². The van der Waals surface area contributed by atoms with Gasteiger partial charge in [-0.1, -0.05) is 0 Å². The van der Waals surface area contributed by atoms with Gasteiger partial charge in [-0.05, 0) is 0 Å². The molecule has 0 saturated carbocycles. The first-order chi connectivity index (χ1) is 6.45. The first-order valence-electron chi connectivity index (χ1n) is 4.93. The molecule has 0 nitrogen and oxygen atoms in total. The minimum absolute atomic E-state index is 0.997. The summed E-state index contributed by atoms with van der Waals surface area (Å²) in [5, 5.41) is 0.997. The molecule has 1 aromatic rings. The van der Waals surface area contributed by atoms with Crippen LogP contribution in [0.1, 0.15) is 0 Å². The zero-order valence-corrected chi connectivity index (χ0v) is 16.3. The van der Waals surface area contributed by atoms with Crippen LogP contribution >= 0.6 is 27.5 Å². The molecule has 0 radical (unpaired) electrons. The van der Waals surface area contributed by atoms with E-state index < -0.39 is 28.7 Å². The van der Waals surface area contributed by atoms with Crippen molar-refractivity contribution in [1.82, 2.24) is 0 Å². The predicted octanol–water partition coefficient (Wildman–Crippen LogP) is 2.49. The number of rotatable bonds is 2. The Morgan fingerprint density at radius 2 is 1.64 bits per heavy atom. The number of halogens is 2. The molecule has 0 atom stereocenters. The fraction of sp³-hybridized carbons (Fsp3) is 0.400. The van der Waals surface area contributed by atoms with E-state index in [1.165, 1.54) is 0 Å². The van der Waals surface area contributed by atoms with Crippen molar-refractivity contribution >= 4 is 65.0 Å². The molecule has 0 N–H and O–H groups in total. The second kappa shape index (κ2) is 5.42. The topological polar surface area (TPSA) is 0 Å². The molecule has 14 heavy (non-hydrogen) atoms. The number of benzene rings is 1. The predicted molar refractivity (Wildman–Crippen MR) is 76.2 cm³/mol. The van der Waals surface area contributed by atoms with Crippen LogP contribution in [-0.2, 0) is 0 Å². The van der Waals surface area contributed by atoms with Crippen molar-refractivity contribution in [3.8, 4) is 0 Å². The molecule has 0 fully saturated rings. The average molecular weight is 397 g/mol. The second-order valence-electron chi connectivity index (χ2n) is 4.17. The van der Waals surface area contributed by atoms with Gasteiger partial charge in [-0.2, -0.15) is 0 Å².